The molecule has 6 nitrogen and oxygen atoms in total. The van der Waals surface area contributed by atoms with Crippen molar-refractivity contribution in [3.63, 3.8) is 0 Å². The maximum Gasteiger partial charge on any atom is 0.275 e. The van der Waals surface area contributed by atoms with Crippen molar-refractivity contribution < 1.29 is 17.9 Å². The Balaban J connectivity index is 2.86. The number of hydrogen-bond acceptors (Lipinski definition) is 6. The molecule has 1 N–H and O–H groups in total. The van der Waals surface area contributed by atoms with Crippen LogP contribution in [0.2, 0.25) is 0 Å². The van der Waals surface area contributed by atoms with Crippen molar-refractivity contribution in [3.05, 3.63) is 5.69 Å². The van der Waals surface area contributed by atoms with Gasteiger partial charge in [0, 0.05) is 6.42 Å². The second kappa shape index (κ2) is 6.33. The number of sulfonamides is 1. The molecule has 0 fully saturated rings. The molecule has 108 valence electrons. The second-order valence-electron chi connectivity index (χ2n) is 4.30. The molecule has 8 heteroatoms. The van der Waals surface area contributed by atoms with Gasteiger partial charge in [0.1, 0.15) is 0 Å². The molecule has 0 aliphatic rings. The lowest BCUT2D eigenvalue weighted by Gasteiger charge is -2.09. The van der Waals surface area contributed by atoms with E-state index in [2.05, 4.69) is 9.71 Å². The molecule has 0 bridgehead atoms. The average Bonchev–Trinajstić information content (AvgIpc) is 2.70. The zero-order chi connectivity index (χ0) is 14.6. The van der Waals surface area contributed by atoms with E-state index in [1.54, 1.807) is 6.92 Å². The Hall–Kier alpha value is -1.15. The zero-order valence-corrected chi connectivity index (χ0v) is 13.0. The highest BCUT2D eigenvalue weighted by Crippen LogP contribution is 2.28. The van der Waals surface area contributed by atoms with Gasteiger partial charge in [0.05, 0.1) is 12.8 Å². The summed E-state index contributed by atoms with van der Waals surface area (Å²) in [6, 6.07) is 0. The number of amides is 1. The van der Waals surface area contributed by atoms with E-state index < -0.39 is 15.9 Å². The van der Waals surface area contributed by atoms with Crippen LogP contribution in [0.3, 0.4) is 0 Å². The first kappa shape index (κ1) is 15.9. The third-order valence-electron chi connectivity index (χ3n) is 2.63. The highest BCUT2D eigenvalue weighted by Gasteiger charge is 2.24. The molecule has 0 aliphatic carbocycles. The summed E-state index contributed by atoms with van der Waals surface area (Å²) in [5.41, 5.74) is 0.325. The highest BCUT2D eigenvalue weighted by molar-refractivity contribution is 7.92. The van der Waals surface area contributed by atoms with E-state index in [0.717, 1.165) is 17.8 Å². The van der Waals surface area contributed by atoms with Gasteiger partial charge in [-0.25, -0.2) is 18.1 Å². The number of carbonyl (C=O) groups is 1. The monoisotopic (exact) mass is 306 g/mol. The molecule has 0 spiro atoms. The minimum atomic E-state index is -3.86. The van der Waals surface area contributed by atoms with Gasteiger partial charge in [-0.2, -0.15) is 0 Å². The van der Waals surface area contributed by atoms with Crippen molar-refractivity contribution in [2.24, 2.45) is 5.92 Å². The molecule has 0 aromatic carbocycles. The number of hydrogen-bond donors (Lipinski definition) is 1. The van der Waals surface area contributed by atoms with Crippen LogP contribution < -0.4 is 9.46 Å². The summed E-state index contributed by atoms with van der Waals surface area (Å²) in [5.74, 6) is -0.353. The Morgan fingerprint density at radius 3 is 2.63 bits per heavy atom. The fourth-order valence-electron chi connectivity index (χ4n) is 1.39. The van der Waals surface area contributed by atoms with Gasteiger partial charge in [-0.3, -0.25) is 4.79 Å². The predicted octanol–water partition coefficient (Wildman–Crippen LogP) is 1.70. The molecule has 1 unspecified atom stereocenters. The summed E-state index contributed by atoms with van der Waals surface area (Å²) in [4.78, 5) is 15.6. The lowest BCUT2D eigenvalue weighted by Crippen LogP contribution is -2.31. The number of methoxy groups -OCH3 is 1. The normalized spacial score (nSPS) is 13.1. The quantitative estimate of drug-likeness (QED) is 0.864. The van der Waals surface area contributed by atoms with Crippen molar-refractivity contribution in [1.29, 1.82) is 0 Å². The van der Waals surface area contributed by atoms with Crippen molar-refractivity contribution in [3.8, 4) is 5.19 Å². The van der Waals surface area contributed by atoms with Crippen LogP contribution in [-0.2, 0) is 14.8 Å². The lowest BCUT2D eigenvalue weighted by molar-refractivity contribution is -0.120. The first-order valence-corrected chi connectivity index (χ1v) is 8.17. The first-order valence-electron chi connectivity index (χ1n) is 5.87. The van der Waals surface area contributed by atoms with Crippen molar-refractivity contribution >= 4 is 27.3 Å². The number of rotatable bonds is 6. The third kappa shape index (κ3) is 4.17. The highest BCUT2D eigenvalue weighted by atomic mass is 32.2. The molecule has 1 amide bonds. The van der Waals surface area contributed by atoms with Gasteiger partial charge in [0.2, 0.25) is 5.91 Å². The van der Waals surface area contributed by atoms with E-state index in [1.165, 1.54) is 7.11 Å². The van der Waals surface area contributed by atoms with Crippen LogP contribution in [0.1, 0.15) is 32.4 Å². The van der Waals surface area contributed by atoms with Gasteiger partial charge in [-0.05, 0) is 12.8 Å². The number of nitrogens with one attached hydrogen (secondary N) is 1. The van der Waals surface area contributed by atoms with Gasteiger partial charge < -0.3 is 4.74 Å². The van der Waals surface area contributed by atoms with E-state index in [-0.39, 0.29) is 21.7 Å². The Bertz CT molecular complexity index is 551. The van der Waals surface area contributed by atoms with E-state index >= 15 is 0 Å². The lowest BCUT2D eigenvalue weighted by atomic mass is 10.1. The number of carbonyl (C=O) groups excluding carboxylic acids is 1. The van der Waals surface area contributed by atoms with Gasteiger partial charge in [-0.1, -0.05) is 31.6 Å². The van der Waals surface area contributed by atoms with Gasteiger partial charge in [0.15, 0.2) is 4.21 Å². The molecule has 0 saturated heterocycles. The van der Waals surface area contributed by atoms with E-state index in [4.69, 9.17) is 4.74 Å². The number of nitrogens with zero attached hydrogens (tertiary/aromatic N) is 1. The largest absolute Gasteiger partial charge is 0.473 e. The molecular formula is C11H18N2O4S2. The van der Waals surface area contributed by atoms with Crippen LogP contribution in [0, 0.1) is 12.8 Å². The zero-order valence-electron chi connectivity index (χ0n) is 11.4. The maximum atomic E-state index is 12.0. The van der Waals surface area contributed by atoms with Crippen molar-refractivity contribution in [1.82, 2.24) is 9.71 Å². The molecule has 19 heavy (non-hydrogen) atoms. The number of aromatic nitrogens is 1. The standard InChI is InChI=1S/C11H18N2O4S2/c1-5-7(2)6-9(14)13-19(15,16)10-8(3)12-11(17-4)18-10/h7H,5-6H2,1-4H3,(H,13,14). The van der Waals surface area contributed by atoms with Crippen LogP contribution in [0.25, 0.3) is 0 Å². The molecule has 0 aliphatic heterocycles. The number of aryl methyl sites for hydroxylation is 1. The minimum absolute atomic E-state index is 0.0156. The predicted molar refractivity (Wildman–Crippen MR) is 72.8 cm³/mol. The maximum absolute atomic E-state index is 12.0. The second-order valence-corrected chi connectivity index (χ2v) is 7.14. The smallest absolute Gasteiger partial charge is 0.275 e. The summed E-state index contributed by atoms with van der Waals surface area (Å²) in [6.07, 6.45) is 1.01. The van der Waals surface area contributed by atoms with Crippen LogP contribution in [0.5, 0.6) is 5.19 Å². The van der Waals surface area contributed by atoms with Crippen LogP contribution in [0.15, 0.2) is 4.21 Å². The number of ether oxygens (including phenoxy) is 1. The SMILES string of the molecule is CCC(C)CC(=O)NS(=O)(=O)c1sc(OC)nc1C. The molecule has 1 aromatic heterocycles. The molecule has 1 heterocycles. The Kier molecular flexibility index (Phi) is 5.30. The fraction of sp³-hybridized carbons (Fsp3) is 0.636. The van der Waals surface area contributed by atoms with Crippen LogP contribution >= 0.6 is 11.3 Å². The summed E-state index contributed by atoms with van der Waals surface area (Å²) in [5, 5.41) is 0.257. The van der Waals surface area contributed by atoms with E-state index in [9.17, 15) is 13.2 Å². The summed E-state index contributed by atoms with van der Waals surface area (Å²) < 4.78 is 31.1. The Morgan fingerprint density at radius 1 is 1.53 bits per heavy atom. The Morgan fingerprint density at radius 2 is 2.16 bits per heavy atom. The Labute approximate surface area is 117 Å². The van der Waals surface area contributed by atoms with Crippen LogP contribution in [-0.4, -0.2) is 26.4 Å². The molecule has 1 rings (SSSR count). The van der Waals surface area contributed by atoms with Gasteiger partial charge in [-0.15, -0.1) is 0 Å². The van der Waals surface area contributed by atoms with E-state index in [1.807, 2.05) is 13.8 Å². The van der Waals surface area contributed by atoms with E-state index in [0.29, 0.717) is 5.69 Å². The summed E-state index contributed by atoms with van der Waals surface area (Å²) in [6.45, 7) is 5.41. The summed E-state index contributed by atoms with van der Waals surface area (Å²) in [7, 11) is -2.44. The molecule has 0 saturated carbocycles. The third-order valence-corrected chi connectivity index (χ3v) is 5.73. The molecule has 1 aromatic rings. The number of thiazole rings is 1. The first-order chi connectivity index (χ1) is 8.80. The molecule has 0 radical (unpaired) electrons. The minimum Gasteiger partial charge on any atom is -0.473 e. The summed E-state index contributed by atoms with van der Waals surface area (Å²) >= 11 is 0.897. The topological polar surface area (TPSA) is 85.4 Å². The van der Waals surface area contributed by atoms with Crippen molar-refractivity contribution in [2.75, 3.05) is 7.11 Å². The van der Waals surface area contributed by atoms with Gasteiger partial charge >= 0.3 is 0 Å². The molecule has 1 atom stereocenters. The average molecular weight is 306 g/mol. The van der Waals surface area contributed by atoms with Crippen molar-refractivity contribution in [2.45, 2.75) is 37.8 Å². The fourth-order valence-corrected chi connectivity index (χ4v) is 3.70. The van der Waals surface area contributed by atoms with Crippen LogP contribution in [0.4, 0.5) is 0 Å². The molecular weight excluding hydrogens is 288 g/mol. The van der Waals surface area contributed by atoms with Gasteiger partial charge in [0.25, 0.3) is 15.2 Å².